The average molecular weight is 350 g/mol. The summed E-state index contributed by atoms with van der Waals surface area (Å²) in [4.78, 5) is 19.9. The Morgan fingerprint density at radius 1 is 0.636 bits per heavy atom. The van der Waals surface area contributed by atoms with Gasteiger partial charge in [0.15, 0.2) is 0 Å². The lowest BCUT2D eigenvalue weighted by Crippen LogP contribution is -2.69. The summed E-state index contributed by atoms with van der Waals surface area (Å²) >= 11 is 0. The van der Waals surface area contributed by atoms with Crippen LogP contribution in [0, 0.1) is 0 Å². The monoisotopic (exact) mass is 350 g/mol. The van der Waals surface area contributed by atoms with E-state index >= 15 is 0 Å². The molecule has 130 valence electrons. The van der Waals surface area contributed by atoms with Crippen LogP contribution >= 0.6 is 0 Å². The number of carboxylic acids is 2. The maximum Gasteiger partial charge on any atom is 0.381 e. The molecule has 14 heteroatoms. The Bertz CT molecular complexity index is 422. The molecule has 0 spiro atoms. The van der Waals surface area contributed by atoms with E-state index < -0.39 is 47.8 Å². The van der Waals surface area contributed by atoms with E-state index in [-0.39, 0.29) is 0 Å². The lowest BCUT2D eigenvalue weighted by Gasteiger charge is -2.38. The van der Waals surface area contributed by atoms with Crippen LogP contribution in [0.25, 0.3) is 0 Å². The topological polar surface area (TPSA) is 115 Å². The quantitative estimate of drug-likeness (QED) is 0.495. The van der Waals surface area contributed by atoms with E-state index in [1.54, 1.807) is 0 Å². The molecule has 0 bridgehead atoms. The smallest absolute Gasteiger partial charge is 0.381 e. The molecule has 0 unspecified atom stereocenters. The first kappa shape index (κ1) is 20.3. The Hall–Kier alpha value is -1.70. The first-order valence-corrected chi connectivity index (χ1v) is 4.79. The van der Waals surface area contributed by atoms with Crippen LogP contribution in [-0.4, -0.2) is 68.3 Å². The molecule has 2 atom stereocenters. The number of alkyl halides is 8. The van der Waals surface area contributed by atoms with Crippen LogP contribution < -0.4 is 0 Å². The molecule has 0 aliphatic carbocycles. The fourth-order valence-electron chi connectivity index (χ4n) is 1.07. The van der Waals surface area contributed by atoms with Crippen molar-refractivity contribution in [2.75, 3.05) is 0 Å². The SMILES string of the molecule is O=C(O)[C@@H](O)C(F)(F)C(F)(F)C(F)(F)C(F)(F)[C@H](O)C(=O)O. The molecule has 0 saturated carbocycles. The van der Waals surface area contributed by atoms with Crippen molar-refractivity contribution in [2.45, 2.75) is 35.9 Å². The van der Waals surface area contributed by atoms with Gasteiger partial charge >= 0.3 is 35.6 Å². The zero-order valence-corrected chi connectivity index (χ0v) is 9.78. The van der Waals surface area contributed by atoms with Gasteiger partial charge in [-0.2, -0.15) is 35.1 Å². The van der Waals surface area contributed by atoms with Crippen molar-refractivity contribution in [3.8, 4) is 0 Å². The van der Waals surface area contributed by atoms with E-state index in [1.807, 2.05) is 0 Å². The van der Waals surface area contributed by atoms with Gasteiger partial charge in [-0.3, -0.25) is 0 Å². The zero-order valence-electron chi connectivity index (χ0n) is 9.78. The van der Waals surface area contributed by atoms with Gasteiger partial charge in [0.25, 0.3) is 0 Å². The van der Waals surface area contributed by atoms with Crippen LogP contribution in [0.3, 0.4) is 0 Å². The first-order chi connectivity index (χ1) is 9.46. The molecule has 0 aliphatic heterocycles. The van der Waals surface area contributed by atoms with Gasteiger partial charge in [0.05, 0.1) is 0 Å². The van der Waals surface area contributed by atoms with Gasteiger partial charge in [0.1, 0.15) is 0 Å². The third-order valence-electron chi connectivity index (χ3n) is 2.39. The summed E-state index contributed by atoms with van der Waals surface area (Å²) in [5.41, 5.74) is 0. The van der Waals surface area contributed by atoms with Gasteiger partial charge in [0, 0.05) is 0 Å². The molecule has 0 rings (SSSR count). The van der Waals surface area contributed by atoms with Crippen molar-refractivity contribution >= 4 is 11.9 Å². The number of carboxylic acid groups (broad SMARTS) is 2. The maximum absolute atomic E-state index is 13.0. The highest BCUT2D eigenvalue weighted by molar-refractivity contribution is 5.74. The summed E-state index contributed by atoms with van der Waals surface area (Å²) < 4.78 is 104. The van der Waals surface area contributed by atoms with Crippen molar-refractivity contribution in [3.63, 3.8) is 0 Å². The fraction of sp³-hybridized carbons (Fsp3) is 0.750. The molecule has 0 amide bonds. The fourth-order valence-corrected chi connectivity index (χ4v) is 1.07. The van der Waals surface area contributed by atoms with Gasteiger partial charge in [0.2, 0.25) is 12.2 Å². The van der Waals surface area contributed by atoms with Crippen LogP contribution in [-0.2, 0) is 9.59 Å². The van der Waals surface area contributed by atoms with Crippen LogP contribution in [0.1, 0.15) is 0 Å². The second-order valence-electron chi connectivity index (χ2n) is 3.88. The van der Waals surface area contributed by atoms with Crippen LogP contribution in [0.15, 0.2) is 0 Å². The highest BCUT2D eigenvalue weighted by atomic mass is 19.4. The highest BCUT2D eigenvalue weighted by Gasteiger charge is 2.84. The summed E-state index contributed by atoms with van der Waals surface area (Å²) in [5.74, 6) is -34.0. The van der Waals surface area contributed by atoms with Gasteiger partial charge in [-0.05, 0) is 0 Å². The van der Waals surface area contributed by atoms with Crippen molar-refractivity contribution in [1.29, 1.82) is 0 Å². The lowest BCUT2D eigenvalue weighted by molar-refractivity contribution is -0.387. The van der Waals surface area contributed by atoms with E-state index in [2.05, 4.69) is 0 Å². The van der Waals surface area contributed by atoms with Gasteiger partial charge in [-0.15, -0.1) is 0 Å². The number of carbonyl (C=O) groups is 2. The minimum Gasteiger partial charge on any atom is -0.479 e. The molecular formula is C8H6F8O6. The molecule has 0 aromatic carbocycles. The lowest BCUT2D eigenvalue weighted by atomic mass is 9.92. The molecule has 0 radical (unpaired) electrons. The predicted molar refractivity (Wildman–Crippen MR) is 47.1 cm³/mol. The van der Waals surface area contributed by atoms with E-state index in [0.717, 1.165) is 0 Å². The molecule has 0 aromatic heterocycles. The highest BCUT2D eigenvalue weighted by Crippen LogP contribution is 2.54. The summed E-state index contributed by atoms with van der Waals surface area (Å²) in [6, 6.07) is 0. The summed E-state index contributed by atoms with van der Waals surface area (Å²) in [6.07, 6.45) is -9.02. The largest absolute Gasteiger partial charge is 0.479 e. The van der Waals surface area contributed by atoms with Gasteiger partial charge in [-0.25, -0.2) is 9.59 Å². The van der Waals surface area contributed by atoms with E-state index in [1.165, 1.54) is 0 Å². The maximum atomic E-state index is 13.0. The van der Waals surface area contributed by atoms with E-state index in [0.29, 0.717) is 0 Å². The third-order valence-corrected chi connectivity index (χ3v) is 2.39. The van der Waals surface area contributed by atoms with E-state index in [4.69, 9.17) is 20.4 Å². The van der Waals surface area contributed by atoms with Crippen LogP contribution in [0.5, 0.6) is 0 Å². The molecule has 4 N–H and O–H groups in total. The number of aliphatic hydroxyl groups excluding tert-OH is 2. The Balaban J connectivity index is 6.06. The second kappa shape index (κ2) is 5.49. The van der Waals surface area contributed by atoms with Crippen LogP contribution in [0.4, 0.5) is 35.1 Å². The average Bonchev–Trinajstić information content (AvgIpc) is 2.35. The summed E-state index contributed by atoms with van der Waals surface area (Å²) in [5, 5.41) is 32.4. The number of hydrogen-bond donors (Lipinski definition) is 4. The molecule has 0 fully saturated rings. The number of hydrogen-bond acceptors (Lipinski definition) is 4. The van der Waals surface area contributed by atoms with Crippen molar-refractivity contribution in [2.24, 2.45) is 0 Å². The van der Waals surface area contributed by atoms with E-state index in [9.17, 15) is 44.7 Å². The minimum atomic E-state index is -7.22. The molecule has 0 heterocycles. The number of rotatable bonds is 7. The molecule has 0 saturated heterocycles. The van der Waals surface area contributed by atoms with Gasteiger partial charge in [-0.1, -0.05) is 0 Å². The first-order valence-electron chi connectivity index (χ1n) is 4.79. The minimum absolute atomic E-state index is 3.14. The molecule has 6 nitrogen and oxygen atoms in total. The Morgan fingerprint density at radius 2 is 0.818 bits per heavy atom. The second-order valence-corrected chi connectivity index (χ2v) is 3.88. The van der Waals surface area contributed by atoms with Crippen molar-refractivity contribution < 1.29 is 65.1 Å². The van der Waals surface area contributed by atoms with Crippen LogP contribution in [0.2, 0.25) is 0 Å². The normalized spacial score (nSPS) is 17.0. The van der Waals surface area contributed by atoms with Crippen molar-refractivity contribution in [1.82, 2.24) is 0 Å². The number of halogens is 8. The Morgan fingerprint density at radius 3 is 0.955 bits per heavy atom. The molecule has 0 aliphatic rings. The summed E-state index contributed by atoms with van der Waals surface area (Å²) in [7, 11) is 0. The zero-order chi connectivity index (χ0) is 18.3. The van der Waals surface area contributed by atoms with Crippen molar-refractivity contribution in [3.05, 3.63) is 0 Å². The molecule has 22 heavy (non-hydrogen) atoms. The summed E-state index contributed by atoms with van der Waals surface area (Å²) in [6.45, 7) is 0. The predicted octanol–water partition coefficient (Wildman–Crippen LogP) is 0.419. The molecular weight excluding hydrogens is 344 g/mol. The standard InChI is InChI=1S/C8H6F8O6/c9-5(10,1(17)3(19)20)7(13,14)8(15,16)6(11,12)2(18)4(21)22/h1-2,17-18H,(H,19,20)(H,21,22)/t1-,2-/m1/s1. The Labute approximate surface area is 114 Å². The Kier molecular flexibility index (Phi) is 5.07. The number of aliphatic carboxylic acids is 2. The molecule has 0 aromatic rings. The van der Waals surface area contributed by atoms with Gasteiger partial charge < -0.3 is 20.4 Å². The third kappa shape index (κ3) is 2.67. The number of aliphatic hydroxyl groups is 2.